The topological polar surface area (TPSA) is 78.9 Å². The van der Waals surface area contributed by atoms with Gasteiger partial charge in [0.15, 0.2) is 0 Å². The van der Waals surface area contributed by atoms with Gasteiger partial charge in [-0.3, -0.25) is 0 Å². The Morgan fingerprint density at radius 3 is 2.60 bits per heavy atom. The molecule has 6 heteroatoms. The number of hydrogen-bond donors (Lipinski definition) is 2. The Morgan fingerprint density at radius 2 is 2.10 bits per heavy atom. The van der Waals surface area contributed by atoms with Crippen LogP contribution in [0.3, 0.4) is 0 Å². The van der Waals surface area contributed by atoms with Gasteiger partial charge in [0, 0.05) is 13.7 Å². The number of nitrogens with zero attached hydrogens (tertiary/aromatic N) is 1. The lowest BCUT2D eigenvalue weighted by Gasteiger charge is -2.38. The molecule has 1 aliphatic heterocycles. The Bertz CT molecular complexity index is 346. The minimum absolute atomic E-state index is 0.0214. The third kappa shape index (κ3) is 4.10. The molecule has 1 heterocycles. The molecule has 0 aromatic heterocycles. The van der Waals surface area contributed by atoms with E-state index in [9.17, 15) is 14.7 Å². The quantitative estimate of drug-likeness (QED) is 0.803. The second kappa shape index (κ2) is 7.47. The fourth-order valence-corrected chi connectivity index (χ4v) is 2.61. The zero-order valence-electron chi connectivity index (χ0n) is 12.8. The molecule has 116 valence electrons. The molecule has 0 spiro atoms. The SMILES string of the molecule is COCC(NC(=O)N1CCCC(C)C1C(=O)O)C(C)C. The number of carbonyl (C=O) groups is 2. The molecule has 3 atom stereocenters. The maximum atomic E-state index is 12.3. The van der Waals surface area contributed by atoms with Crippen LogP contribution in [0.25, 0.3) is 0 Å². The van der Waals surface area contributed by atoms with Gasteiger partial charge in [-0.2, -0.15) is 0 Å². The van der Waals surface area contributed by atoms with E-state index in [0.717, 1.165) is 12.8 Å². The van der Waals surface area contributed by atoms with E-state index in [1.165, 1.54) is 4.90 Å². The van der Waals surface area contributed by atoms with Crippen molar-refractivity contribution in [3.8, 4) is 0 Å². The maximum Gasteiger partial charge on any atom is 0.326 e. The lowest BCUT2D eigenvalue weighted by molar-refractivity contribution is -0.145. The van der Waals surface area contributed by atoms with E-state index in [4.69, 9.17) is 4.74 Å². The third-order valence-corrected chi connectivity index (χ3v) is 3.91. The van der Waals surface area contributed by atoms with Gasteiger partial charge in [0.05, 0.1) is 12.6 Å². The van der Waals surface area contributed by atoms with Crippen molar-refractivity contribution in [2.75, 3.05) is 20.3 Å². The molecule has 3 unspecified atom stereocenters. The second-order valence-electron chi connectivity index (χ2n) is 5.85. The van der Waals surface area contributed by atoms with Crippen molar-refractivity contribution >= 4 is 12.0 Å². The molecule has 0 bridgehead atoms. The first kappa shape index (κ1) is 16.8. The van der Waals surface area contributed by atoms with Crippen LogP contribution >= 0.6 is 0 Å². The average molecular weight is 286 g/mol. The van der Waals surface area contributed by atoms with Crippen LogP contribution < -0.4 is 5.32 Å². The molecule has 1 aliphatic rings. The van der Waals surface area contributed by atoms with E-state index in [1.807, 2.05) is 20.8 Å². The Morgan fingerprint density at radius 1 is 1.45 bits per heavy atom. The van der Waals surface area contributed by atoms with Crippen molar-refractivity contribution in [1.82, 2.24) is 10.2 Å². The molecule has 0 radical (unpaired) electrons. The fourth-order valence-electron chi connectivity index (χ4n) is 2.61. The van der Waals surface area contributed by atoms with Crippen molar-refractivity contribution < 1.29 is 19.4 Å². The van der Waals surface area contributed by atoms with Crippen molar-refractivity contribution in [3.63, 3.8) is 0 Å². The summed E-state index contributed by atoms with van der Waals surface area (Å²) in [5.41, 5.74) is 0. The molecule has 1 rings (SSSR count). The minimum atomic E-state index is -0.930. The molecular weight excluding hydrogens is 260 g/mol. The van der Waals surface area contributed by atoms with E-state index in [1.54, 1.807) is 7.11 Å². The minimum Gasteiger partial charge on any atom is -0.480 e. The van der Waals surface area contributed by atoms with Crippen molar-refractivity contribution in [3.05, 3.63) is 0 Å². The summed E-state index contributed by atoms with van der Waals surface area (Å²) in [6.45, 7) is 6.79. The van der Waals surface area contributed by atoms with Gasteiger partial charge < -0.3 is 20.1 Å². The number of likely N-dealkylation sites (tertiary alicyclic amines) is 1. The number of aliphatic carboxylic acids is 1. The molecule has 0 aliphatic carbocycles. The molecular formula is C14H26N2O4. The van der Waals surface area contributed by atoms with Crippen LogP contribution in [0.15, 0.2) is 0 Å². The first-order valence-electron chi connectivity index (χ1n) is 7.17. The van der Waals surface area contributed by atoms with E-state index >= 15 is 0 Å². The Hall–Kier alpha value is -1.30. The highest BCUT2D eigenvalue weighted by Gasteiger charge is 2.37. The van der Waals surface area contributed by atoms with Crippen LogP contribution in [-0.2, 0) is 9.53 Å². The summed E-state index contributed by atoms with van der Waals surface area (Å²) >= 11 is 0. The number of amides is 2. The number of piperidine rings is 1. The number of methoxy groups -OCH3 is 1. The Kier molecular flexibility index (Phi) is 6.26. The number of urea groups is 1. The van der Waals surface area contributed by atoms with Gasteiger partial charge >= 0.3 is 12.0 Å². The van der Waals surface area contributed by atoms with Gasteiger partial charge in [-0.05, 0) is 24.7 Å². The molecule has 6 nitrogen and oxygen atoms in total. The number of carboxylic acids is 1. The van der Waals surface area contributed by atoms with E-state index in [0.29, 0.717) is 13.2 Å². The first-order chi connectivity index (χ1) is 9.38. The summed E-state index contributed by atoms with van der Waals surface area (Å²) in [4.78, 5) is 25.2. The molecule has 2 N–H and O–H groups in total. The van der Waals surface area contributed by atoms with E-state index < -0.39 is 12.0 Å². The highest BCUT2D eigenvalue weighted by Crippen LogP contribution is 2.23. The van der Waals surface area contributed by atoms with Gasteiger partial charge in [-0.1, -0.05) is 20.8 Å². The van der Waals surface area contributed by atoms with Crippen LogP contribution in [0.1, 0.15) is 33.6 Å². The largest absolute Gasteiger partial charge is 0.480 e. The number of nitrogens with one attached hydrogen (secondary N) is 1. The third-order valence-electron chi connectivity index (χ3n) is 3.91. The standard InChI is InChI=1S/C14H26N2O4/c1-9(2)11(8-20-4)15-14(19)16-7-5-6-10(3)12(16)13(17)18/h9-12H,5-8H2,1-4H3,(H,15,19)(H,17,18). The van der Waals surface area contributed by atoms with Crippen LogP contribution in [0.4, 0.5) is 4.79 Å². The molecule has 1 fully saturated rings. The predicted octanol–water partition coefficient (Wildman–Crippen LogP) is 1.55. The molecule has 20 heavy (non-hydrogen) atoms. The van der Waals surface area contributed by atoms with Crippen LogP contribution in [0.2, 0.25) is 0 Å². The number of hydrogen-bond acceptors (Lipinski definition) is 3. The molecule has 2 amide bonds. The van der Waals surface area contributed by atoms with Gasteiger partial charge in [0.25, 0.3) is 0 Å². The van der Waals surface area contributed by atoms with Gasteiger partial charge in [-0.25, -0.2) is 9.59 Å². The van der Waals surface area contributed by atoms with Gasteiger partial charge in [0.1, 0.15) is 6.04 Å². The summed E-state index contributed by atoms with van der Waals surface area (Å²) in [5, 5.41) is 12.2. The molecule has 1 saturated heterocycles. The zero-order chi connectivity index (χ0) is 15.3. The van der Waals surface area contributed by atoms with Crippen LogP contribution in [-0.4, -0.2) is 54.4 Å². The molecule has 0 saturated carbocycles. The normalized spacial score (nSPS) is 24.6. The smallest absolute Gasteiger partial charge is 0.326 e. The number of carboxylic acid groups (broad SMARTS) is 1. The van der Waals surface area contributed by atoms with Gasteiger partial charge in [-0.15, -0.1) is 0 Å². The second-order valence-corrected chi connectivity index (χ2v) is 5.85. The lowest BCUT2D eigenvalue weighted by Crippen LogP contribution is -2.57. The molecule has 0 aromatic carbocycles. The van der Waals surface area contributed by atoms with E-state index in [2.05, 4.69) is 5.32 Å². The highest BCUT2D eigenvalue weighted by molar-refractivity contribution is 5.83. The summed E-state index contributed by atoms with van der Waals surface area (Å²) in [6.07, 6.45) is 1.68. The summed E-state index contributed by atoms with van der Waals surface area (Å²) in [5.74, 6) is -0.725. The fraction of sp³-hybridized carbons (Fsp3) is 0.857. The average Bonchev–Trinajstić information content (AvgIpc) is 2.37. The number of carbonyl (C=O) groups excluding carboxylic acids is 1. The zero-order valence-corrected chi connectivity index (χ0v) is 12.8. The molecule has 0 aromatic rings. The lowest BCUT2D eigenvalue weighted by atomic mass is 9.91. The van der Waals surface area contributed by atoms with Gasteiger partial charge in [0.2, 0.25) is 0 Å². The summed E-state index contributed by atoms with van der Waals surface area (Å²) in [7, 11) is 1.59. The maximum absolute atomic E-state index is 12.3. The summed E-state index contributed by atoms with van der Waals surface area (Å²) < 4.78 is 5.10. The Labute approximate surface area is 120 Å². The Balaban J connectivity index is 2.75. The predicted molar refractivity (Wildman–Crippen MR) is 75.6 cm³/mol. The van der Waals surface area contributed by atoms with Crippen molar-refractivity contribution in [2.45, 2.75) is 45.7 Å². The monoisotopic (exact) mass is 286 g/mol. The van der Waals surface area contributed by atoms with E-state index in [-0.39, 0.29) is 23.9 Å². The van der Waals surface area contributed by atoms with Crippen molar-refractivity contribution in [2.24, 2.45) is 11.8 Å². The summed E-state index contributed by atoms with van der Waals surface area (Å²) in [6, 6.07) is -1.15. The van der Waals surface area contributed by atoms with Crippen molar-refractivity contribution in [1.29, 1.82) is 0 Å². The highest BCUT2D eigenvalue weighted by atomic mass is 16.5. The number of rotatable bonds is 5. The van der Waals surface area contributed by atoms with Crippen LogP contribution in [0.5, 0.6) is 0 Å². The van der Waals surface area contributed by atoms with Crippen LogP contribution in [0, 0.1) is 11.8 Å². The number of ether oxygens (including phenoxy) is 1. The first-order valence-corrected chi connectivity index (χ1v) is 7.17.